The minimum absolute atomic E-state index is 0.618. The molecule has 1 aromatic rings. The van der Waals surface area contributed by atoms with Crippen LogP contribution in [0, 0.1) is 13.8 Å². The maximum atomic E-state index is 4.29. The molecule has 0 saturated heterocycles. The predicted octanol–water partition coefficient (Wildman–Crippen LogP) is 2.70. The molecule has 22 heavy (non-hydrogen) atoms. The Hall–Kier alpha value is -1.55. The molecule has 0 spiro atoms. The number of hydrogen-bond donors (Lipinski definition) is 2. The number of rotatable bonds is 7. The van der Waals surface area contributed by atoms with Gasteiger partial charge in [-0.1, -0.05) is 30.7 Å². The first-order chi connectivity index (χ1) is 10.5. The molecule has 0 saturated carbocycles. The zero-order valence-electron chi connectivity index (χ0n) is 15.0. The van der Waals surface area contributed by atoms with Gasteiger partial charge < -0.3 is 15.5 Å². The van der Waals surface area contributed by atoms with E-state index in [1.54, 1.807) is 0 Å². The summed E-state index contributed by atoms with van der Waals surface area (Å²) >= 11 is 0. The molecule has 0 fully saturated rings. The SMILES string of the molecule is CCC(C)N(C)CCNC(=NC)NCc1ccc(C)cc1C. The van der Waals surface area contributed by atoms with Gasteiger partial charge in [0.1, 0.15) is 0 Å². The summed E-state index contributed by atoms with van der Waals surface area (Å²) in [5.41, 5.74) is 3.93. The van der Waals surface area contributed by atoms with Crippen molar-refractivity contribution >= 4 is 5.96 Å². The van der Waals surface area contributed by atoms with Crippen LogP contribution in [0.15, 0.2) is 23.2 Å². The lowest BCUT2D eigenvalue weighted by molar-refractivity contribution is 0.255. The fraction of sp³-hybridized carbons (Fsp3) is 0.611. The molecule has 0 aliphatic carbocycles. The lowest BCUT2D eigenvalue weighted by atomic mass is 10.1. The molecule has 2 N–H and O–H groups in total. The molecule has 0 aliphatic heterocycles. The van der Waals surface area contributed by atoms with Gasteiger partial charge in [-0.05, 0) is 45.4 Å². The molecular formula is C18H32N4. The van der Waals surface area contributed by atoms with Crippen molar-refractivity contribution in [2.24, 2.45) is 4.99 Å². The van der Waals surface area contributed by atoms with Crippen LogP contribution in [-0.4, -0.2) is 44.1 Å². The summed E-state index contributed by atoms with van der Waals surface area (Å²) < 4.78 is 0. The van der Waals surface area contributed by atoms with Crippen molar-refractivity contribution in [3.63, 3.8) is 0 Å². The quantitative estimate of drug-likeness (QED) is 0.601. The molecule has 1 unspecified atom stereocenters. The molecule has 4 nitrogen and oxygen atoms in total. The van der Waals surface area contributed by atoms with Gasteiger partial charge in [-0.2, -0.15) is 0 Å². The smallest absolute Gasteiger partial charge is 0.191 e. The Labute approximate surface area is 136 Å². The summed E-state index contributed by atoms with van der Waals surface area (Å²) in [6, 6.07) is 7.17. The number of nitrogens with zero attached hydrogens (tertiary/aromatic N) is 2. The van der Waals surface area contributed by atoms with Crippen LogP contribution in [-0.2, 0) is 6.54 Å². The Morgan fingerprint density at radius 1 is 1.27 bits per heavy atom. The van der Waals surface area contributed by atoms with E-state index >= 15 is 0 Å². The molecule has 124 valence electrons. The predicted molar refractivity (Wildman–Crippen MR) is 96.5 cm³/mol. The van der Waals surface area contributed by atoms with Crippen LogP contribution >= 0.6 is 0 Å². The van der Waals surface area contributed by atoms with Crippen molar-refractivity contribution < 1.29 is 0 Å². The highest BCUT2D eigenvalue weighted by Gasteiger charge is 2.06. The first kappa shape index (κ1) is 18.5. The summed E-state index contributed by atoms with van der Waals surface area (Å²) in [7, 11) is 3.98. The van der Waals surface area contributed by atoms with Gasteiger partial charge in [-0.15, -0.1) is 0 Å². The monoisotopic (exact) mass is 304 g/mol. The third-order valence-corrected chi connectivity index (χ3v) is 4.27. The van der Waals surface area contributed by atoms with Crippen molar-refractivity contribution in [1.82, 2.24) is 15.5 Å². The number of nitrogens with one attached hydrogen (secondary N) is 2. The third kappa shape index (κ3) is 6.06. The van der Waals surface area contributed by atoms with E-state index in [4.69, 9.17) is 0 Å². The number of aryl methyl sites for hydroxylation is 2. The minimum atomic E-state index is 0.618. The topological polar surface area (TPSA) is 39.7 Å². The van der Waals surface area contributed by atoms with Crippen molar-refractivity contribution in [2.75, 3.05) is 27.2 Å². The summed E-state index contributed by atoms with van der Waals surface area (Å²) in [4.78, 5) is 6.65. The van der Waals surface area contributed by atoms with Gasteiger partial charge in [0.15, 0.2) is 5.96 Å². The largest absolute Gasteiger partial charge is 0.355 e. The number of likely N-dealkylation sites (N-methyl/N-ethyl adjacent to an activating group) is 1. The van der Waals surface area contributed by atoms with E-state index in [1.165, 1.54) is 23.1 Å². The Kier molecular flexibility index (Phi) is 7.96. The van der Waals surface area contributed by atoms with Crippen LogP contribution in [0.4, 0.5) is 0 Å². The van der Waals surface area contributed by atoms with Gasteiger partial charge in [0.05, 0.1) is 0 Å². The summed E-state index contributed by atoms with van der Waals surface area (Å²) in [6.45, 7) is 11.5. The second kappa shape index (κ2) is 9.46. The van der Waals surface area contributed by atoms with E-state index in [2.05, 4.69) is 73.5 Å². The van der Waals surface area contributed by atoms with Gasteiger partial charge in [0, 0.05) is 32.7 Å². The molecule has 0 amide bonds. The van der Waals surface area contributed by atoms with Crippen LogP contribution in [0.3, 0.4) is 0 Å². The van der Waals surface area contributed by atoms with Crippen molar-refractivity contribution in [1.29, 1.82) is 0 Å². The van der Waals surface area contributed by atoms with Crippen LogP contribution in [0.2, 0.25) is 0 Å². The molecule has 0 aromatic heterocycles. The second-order valence-electron chi connectivity index (χ2n) is 6.02. The molecule has 0 aliphatic rings. The third-order valence-electron chi connectivity index (χ3n) is 4.27. The van der Waals surface area contributed by atoms with Crippen LogP contribution < -0.4 is 10.6 Å². The Balaban J connectivity index is 2.40. The minimum Gasteiger partial charge on any atom is -0.355 e. The standard InChI is InChI=1S/C18H32N4/c1-7-16(4)22(6)11-10-20-18(19-5)21-13-17-9-8-14(2)12-15(17)3/h8-9,12,16H,7,10-11,13H2,1-6H3,(H2,19,20,21). The maximum absolute atomic E-state index is 4.29. The van der Waals surface area contributed by atoms with Gasteiger partial charge in [-0.25, -0.2) is 0 Å². The average Bonchev–Trinajstić information content (AvgIpc) is 2.51. The number of benzene rings is 1. The fourth-order valence-corrected chi connectivity index (χ4v) is 2.33. The van der Waals surface area contributed by atoms with Gasteiger partial charge in [-0.3, -0.25) is 4.99 Å². The van der Waals surface area contributed by atoms with Crippen LogP contribution in [0.1, 0.15) is 37.0 Å². The molecule has 0 heterocycles. The maximum Gasteiger partial charge on any atom is 0.191 e. The summed E-state index contributed by atoms with van der Waals surface area (Å²) in [6.07, 6.45) is 1.18. The Morgan fingerprint density at radius 2 is 2.00 bits per heavy atom. The molecule has 4 heteroatoms. The van der Waals surface area contributed by atoms with Crippen molar-refractivity contribution in [2.45, 2.75) is 46.7 Å². The molecule has 1 atom stereocenters. The molecule has 0 radical (unpaired) electrons. The van der Waals surface area contributed by atoms with Gasteiger partial charge in [0.25, 0.3) is 0 Å². The first-order valence-electron chi connectivity index (χ1n) is 8.18. The summed E-state index contributed by atoms with van der Waals surface area (Å²) in [5, 5.41) is 6.76. The average molecular weight is 304 g/mol. The highest BCUT2D eigenvalue weighted by atomic mass is 15.2. The van der Waals surface area contributed by atoms with Gasteiger partial charge in [0.2, 0.25) is 0 Å². The highest BCUT2D eigenvalue weighted by Crippen LogP contribution is 2.09. The van der Waals surface area contributed by atoms with Crippen LogP contribution in [0.5, 0.6) is 0 Å². The zero-order chi connectivity index (χ0) is 16.5. The van der Waals surface area contributed by atoms with E-state index < -0.39 is 0 Å². The highest BCUT2D eigenvalue weighted by molar-refractivity contribution is 5.79. The van der Waals surface area contributed by atoms with Crippen molar-refractivity contribution in [3.05, 3.63) is 34.9 Å². The lowest BCUT2D eigenvalue weighted by Crippen LogP contribution is -2.42. The Bertz CT molecular complexity index is 482. The first-order valence-corrected chi connectivity index (χ1v) is 8.18. The zero-order valence-corrected chi connectivity index (χ0v) is 15.0. The molecule has 1 aromatic carbocycles. The van der Waals surface area contributed by atoms with E-state index in [0.29, 0.717) is 6.04 Å². The molecule has 1 rings (SSSR count). The summed E-state index contributed by atoms with van der Waals surface area (Å²) in [5.74, 6) is 0.859. The van der Waals surface area contributed by atoms with Crippen molar-refractivity contribution in [3.8, 4) is 0 Å². The van der Waals surface area contributed by atoms with E-state index in [1.807, 2.05) is 7.05 Å². The second-order valence-corrected chi connectivity index (χ2v) is 6.02. The van der Waals surface area contributed by atoms with E-state index in [-0.39, 0.29) is 0 Å². The normalized spacial score (nSPS) is 13.3. The van der Waals surface area contributed by atoms with E-state index in [9.17, 15) is 0 Å². The Morgan fingerprint density at radius 3 is 2.59 bits per heavy atom. The number of guanidine groups is 1. The van der Waals surface area contributed by atoms with Gasteiger partial charge >= 0.3 is 0 Å². The molecule has 0 bridgehead atoms. The van der Waals surface area contributed by atoms with E-state index in [0.717, 1.165) is 25.6 Å². The fourth-order valence-electron chi connectivity index (χ4n) is 2.33. The number of aliphatic imine (C=N–C) groups is 1. The number of hydrogen-bond acceptors (Lipinski definition) is 2. The molecular weight excluding hydrogens is 272 g/mol. The lowest BCUT2D eigenvalue weighted by Gasteiger charge is -2.24. The van der Waals surface area contributed by atoms with Crippen LogP contribution in [0.25, 0.3) is 0 Å².